The summed E-state index contributed by atoms with van der Waals surface area (Å²) in [5.74, 6) is 0.748. The Hall–Kier alpha value is -3.13. The number of anilines is 1. The van der Waals surface area contributed by atoms with E-state index in [4.69, 9.17) is 0 Å². The second-order valence-electron chi connectivity index (χ2n) is 7.23. The smallest absolute Gasteiger partial charge is 0.262 e. The van der Waals surface area contributed by atoms with Crippen LogP contribution in [0.2, 0.25) is 0 Å². The number of aryl methyl sites for hydroxylation is 1. The van der Waals surface area contributed by atoms with Gasteiger partial charge in [-0.15, -0.1) is 10.2 Å². The average Bonchev–Trinajstić information content (AvgIpc) is 3.30. The largest absolute Gasteiger partial charge is 0.308 e. The molecule has 2 aromatic carbocycles. The van der Waals surface area contributed by atoms with Gasteiger partial charge in [0.1, 0.15) is 0 Å². The zero-order valence-corrected chi connectivity index (χ0v) is 16.9. The van der Waals surface area contributed by atoms with Gasteiger partial charge >= 0.3 is 0 Å². The first-order chi connectivity index (χ1) is 14.1. The molecule has 29 heavy (non-hydrogen) atoms. The van der Waals surface area contributed by atoms with Gasteiger partial charge in [-0.25, -0.2) is 0 Å². The Kier molecular flexibility index (Phi) is 4.16. The van der Waals surface area contributed by atoms with E-state index in [9.17, 15) is 9.59 Å². The molecule has 0 aliphatic carbocycles. The lowest BCUT2D eigenvalue weighted by atomic mass is 10.1. The number of amides is 1. The van der Waals surface area contributed by atoms with Crippen LogP contribution in [0, 0.1) is 0 Å². The van der Waals surface area contributed by atoms with Crippen LogP contribution in [0.5, 0.6) is 0 Å². The van der Waals surface area contributed by atoms with E-state index in [-0.39, 0.29) is 23.3 Å². The summed E-state index contributed by atoms with van der Waals surface area (Å²) in [5.41, 5.74) is 2.82. The van der Waals surface area contributed by atoms with Crippen LogP contribution < -0.4 is 10.5 Å². The summed E-state index contributed by atoms with van der Waals surface area (Å²) in [6.45, 7) is 2.07. The molecule has 3 heterocycles. The van der Waals surface area contributed by atoms with Gasteiger partial charge in [0.25, 0.3) is 5.56 Å². The SMILES string of the molecule is C[C@H]1Cc2ccccc2N1C(=O)CSc1nnc2n(C)c(=O)c3ccccc3n12. The van der Waals surface area contributed by atoms with Crippen LogP contribution in [-0.4, -0.2) is 36.9 Å². The number of hydrogen-bond donors (Lipinski definition) is 0. The number of thioether (sulfide) groups is 1. The van der Waals surface area contributed by atoms with E-state index in [1.807, 2.05) is 45.7 Å². The normalized spacial score (nSPS) is 15.9. The lowest BCUT2D eigenvalue weighted by Gasteiger charge is -2.22. The van der Waals surface area contributed by atoms with E-state index in [0.717, 1.165) is 17.6 Å². The Morgan fingerprint density at radius 1 is 1.14 bits per heavy atom. The maximum atomic E-state index is 13.0. The predicted molar refractivity (Wildman–Crippen MR) is 114 cm³/mol. The van der Waals surface area contributed by atoms with Gasteiger partial charge in [-0.05, 0) is 37.1 Å². The van der Waals surface area contributed by atoms with Crippen molar-refractivity contribution >= 4 is 40.0 Å². The summed E-state index contributed by atoms with van der Waals surface area (Å²) >= 11 is 1.34. The number of aromatic nitrogens is 4. The molecule has 0 N–H and O–H groups in total. The van der Waals surface area contributed by atoms with E-state index in [1.54, 1.807) is 13.1 Å². The van der Waals surface area contributed by atoms with Gasteiger partial charge in [0.05, 0.1) is 16.7 Å². The highest BCUT2D eigenvalue weighted by Gasteiger charge is 2.30. The van der Waals surface area contributed by atoms with Crippen molar-refractivity contribution < 1.29 is 4.79 Å². The summed E-state index contributed by atoms with van der Waals surface area (Å²) in [4.78, 5) is 27.5. The van der Waals surface area contributed by atoms with Crippen molar-refractivity contribution in [2.24, 2.45) is 7.05 Å². The lowest BCUT2D eigenvalue weighted by Crippen LogP contribution is -2.37. The fourth-order valence-corrected chi connectivity index (χ4v) is 4.85. The van der Waals surface area contributed by atoms with Gasteiger partial charge in [0.2, 0.25) is 11.7 Å². The molecule has 8 heteroatoms. The summed E-state index contributed by atoms with van der Waals surface area (Å²) in [6.07, 6.45) is 0.868. The van der Waals surface area contributed by atoms with E-state index in [0.29, 0.717) is 16.3 Å². The molecule has 1 aliphatic heterocycles. The molecule has 0 saturated heterocycles. The molecule has 0 spiro atoms. The zero-order valence-electron chi connectivity index (χ0n) is 16.1. The van der Waals surface area contributed by atoms with Crippen molar-refractivity contribution in [2.75, 3.05) is 10.7 Å². The number of carbonyl (C=O) groups is 1. The third-order valence-electron chi connectivity index (χ3n) is 5.40. The van der Waals surface area contributed by atoms with Crippen molar-refractivity contribution in [1.82, 2.24) is 19.2 Å². The second kappa shape index (κ2) is 6.73. The predicted octanol–water partition coefficient (Wildman–Crippen LogP) is 2.65. The highest BCUT2D eigenvalue weighted by Crippen LogP contribution is 2.33. The van der Waals surface area contributed by atoms with E-state index < -0.39 is 0 Å². The van der Waals surface area contributed by atoms with Crippen molar-refractivity contribution in [3.63, 3.8) is 0 Å². The molecule has 1 atom stereocenters. The Balaban J connectivity index is 1.49. The van der Waals surface area contributed by atoms with Crippen molar-refractivity contribution in [3.8, 4) is 0 Å². The molecule has 7 nitrogen and oxygen atoms in total. The topological polar surface area (TPSA) is 72.5 Å². The van der Waals surface area contributed by atoms with E-state index in [1.165, 1.54) is 21.9 Å². The van der Waals surface area contributed by atoms with Crippen LogP contribution in [0.1, 0.15) is 12.5 Å². The first kappa shape index (κ1) is 17.9. The fourth-order valence-electron chi connectivity index (χ4n) is 4.05. The van der Waals surface area contributed by atoms with Crippen LogP contribution in [0.25, 0.3) is 16.7 Å². The molecule has 5 rings (SSSR count). The Morgan fingerprint density at radius 3 is 2.76 bits per heavy atom. The molecule has 1 amide bonds. The number of carbonyl (C=O) groups excluding carboxylic acids is 1. The third-order valence-corrected chi connectivity index (χ3v) is 6.31. The number of nitrogens with zero attached hydrogens (tertiary/aromatic N) is 5. The summed E-state index contributed by atoms with van der Waals surface area (Å²) in [6, 6.07) is 15.6. The maximum absolute atomic E-state index is 13.0. The molecule has 0 radical (unpaired) electrons. The summed E-state index contributed by atoms with van der Waals surface area (Å²) in [7, 11) is 1.68. The highest BCUT2D eigenvalue weighted by atomic mass is 32.2. The number of hydrogen-bond acceptors (Lipinski definition) is 5. The number of rotatable bonds is 3. The minimum atomic E-state index is -0.115. The Labute approximate surface area is 171 Å². The van der Waals surface area contributed by atoms with Crippen molar-refractivity contribution in [1.29, 1.82) is 0 Å². The summed E-state index contributed by atoms with van der Waals surface area (Å²) < 4.78 is 3.33. The molecular formula is C21H19N5O2S. The molecule has 146 valence electrons. The molecule has 0 fully saturated rings. The monoisotopic (exact) mass is 405 g/mol. The van der Waals surface area contributed by atoms with Crippen molar-refractivity contribution in [2.45, 2.75) is 24.5 Å². The number of fused-ring (bicyclic) bond motifs is 4. The van der Waals surface area contributed by atoms with Gasteiger partial charge in [-0.2, -0.15) is 0 Å². The maximum Gasteiger partial charge on any atom is 0.262 e. The number of para-hydroxylation sites is 2. The average molecular weight is 405 g/mol. The van der Waals surface area contributed by atoms with Gasteiger partial charge in [0.15, 0.2) is 5.16 Å². The second-order valence-corrected chi connectivity index (χ2v) is 8.18. The minimum Gasteiger partial charge on any atom is -0.308 e. The Morgan fingerprint density at radius 2 is 1.90 bits per heavy atom. The van der Waals surface area contributed by atoms with Gasteiger partial charge in [-0.3, -0.25) is 18.6 Å². The van der Waals surface area contributed by atoms with Crippen molar-refractivity contribution in [3.05, 3.63) is 64.4 Å². The van der Waals surface area contributed by atoms with Crippen LogP contribution >= 0.6 is 11.8 Å². The molecule has 4 aromatic rings. The van der Waals surface area contributed by atoms with Crippen LogP contribution in [0.3, 0.4) is 0 Å². The highest BCUT2D eigenvalue weighted by molar-refractivity contribution is 7.99. The molecule has 2 aromatic heterocycles. The van der Waals surface area contributed by atoms with Crippen LogP contribution in [0.15, 0.2) is 58.5 Å². The molecule has 0 unspecified atom stereocenters. The minimum absolute atomic E-state index is 0.0401. The third kappa shape index (κ3) is 2.74. The molecule has 1 aliphatic rings. The van der Waals surface area contributed by atoms with Gasteiger partial charge < -0.3 is 4.90 Å². The molecule has 0 saturated carbocycles. The molecular weight excluding hydrogens is 386 g/mol. The first-order valence-corrected chi connectivity index (χ1v) is 10.4. The van der Waals surface area contributed by atoms with E-state index in [2.05, 4.69) is 23.2 Å². The fraction of sp³-hybridized carbons (Fsp3) is 0.238. The Bertz CT molecular complexity index is 1330. The summed E-state index contributed by atoms with van der Waals surface area (Å²) in [5, 5.41) is 9.63. The quantitative estimate of drug-likeness (QED) is 0.490. The zero-order chi connectivity index (χ0) is 20.1. The van der Waals surface area contributed by atoms with Gasteiger partial charge in [0, 0.05) is 18.8 Å². The lowest BCUT2D eigenvalue weighted by molar-refractivity contribution is -0.116. The van der Waals surface area contributed by atoms with Gasteiger partial charge in [-0.1, -0.05) is 42.1 Å². The molecule has 0 bridgehead atoms. The standard InChI is InChI=1S/C21H19N5O2S/c1-13-11-14-7-3-5-9-16(14)25(13)18(27)12-29-21-23-22-20-24(2)19(28)15-8-4-6-10-17(15)26(20)21/h3-10,13H,11-12H2,1-2H3/t13-/m0/s1. The number of benzene rings is 2. The van der Waals surface area contributed by atoms with Crippen LogP contribution in [-0.2, 0) is 18.3 Å². The van der Waals surface area contributed by atoms with E-state index >= 15 is 0 Å². The van der Waals surface area contributed by atoms with Crippen LogP contribution in [0.4, 0.5) is 5.69 Å². The first-order valence-electron chi connectivity index (χ1n) is 9.42.